The highest BCUT2D eigenvalue weighted by atomic mass is 32.2. The molecule has 0 saturated carbocycles. The number of rotatable bonds is 3. The molecule has 0 saturated heterocycles. The summed E-state index contributed by atoms with van der Waals surface area (Å²) < 4.78 is 41.4. The lowest BCUT2D eigenvalue weighted by atomic mass is 10.2. The number of methoxy groups -OCH3 is 1. The minimum Gasteiger partial charge on any atom is -0.497 e. The Hall–Kier alpha value is -2.54. The molecule has 1 aliphatic rings. The molecule has 21 heavy (non-hydrogen) atoms. The summed E-state index contributed by atoms with van der Waals surface area (Å²) in [6.45, 7) is 0. The van der Waals surface area contributed by atoms with Crippen molar-refractivity contribution < 1.29 is 22.1 Å². The van der Waals surface area contributed by atoms with Crippen molar-refractivity contribution in [3.63, 3.8) is 0 Å². The lowest BCUT2D eigenvalue weighted by Crippen LogP contribution is -2.12. The molecule has 3 rings (SSSR count). The van der Waals surface area contributed by atoms with E-state index in [4.69, 9.17) is 13.7 Å². The van der Waals surface area contributed by atoms with E-state index in [1.54, 1.807) is 43.5 Å². The quantitative estimate of drug-likeness (QED) is 0.871. The predicted molar refractivity (Wildman–Crippen MR) is 76.7 cm³/mol. The summed E-state index contributed by atoms with van der Waals surface area (Å²) in [5.41, 5.74) is 0.576. The van der Waals surface area contributed by atoms with E-state index in [1.807, 2.05) is 0 Å². The third-order valence-corrected chi connectivity index (χ3v) is 3.55. The van der Waals surface area contributed by atoms with Gasteiger partial charge in [-0.3, -0.25) is 0 Å². The van der Waals surface area contributed by atoms with E-state index < -0.39 is 10.3 Å². The van der Waals surface area contributed by atoms with Gasteiger partial charge >= 0.3 is 10.3 Å². The van der Waals surface area contributed by atoms with Gasteiger partial charge in [-0.05, 0) is 36.4 Å². The van der Waals surface area contributed by atoms with Gasteiger partial charge in [-0.1, -0.05) is 0 Å². The smallest absolute Gasteiger partial charge is 0.428 e. The Balaban J connectivity index is 1.85. The van der Waals surface area contributed by atoms with Crippen molar-refractivity contribution in [1.29, 1.82) is 0 Å². The van der Waals surface area contributed by atoms with E-state index in [1.165, 1.54) is 12.3 Å². The molecule has 7 heteroatoms. The van der Waals surface area contributed by atoms with Gasteiger partial charge in [-0.2, -0.15) is 8.42 Å². The van der Waals surface area contributed by atoms with Crippen molar-refractivity contribution in [2.24, 2.45) is 4.40 Å². The molecule has 0 bridgehead atoms. The Bertz CT molecular complexity index is 797. The number of nitrogens with zero attached hydrogens (tertiary/aromatic N) is 1. The number of ether oxygens (including phenoxy) is 2. The van der Waals surface area contributed by atoms with Gasteiger partial charge in [0.15, 0.2) is 5.75 Å². The maximum atomic E-state index is 11.3. The topological polar surface area (TPSA) is 74.2 Å². The molecule has 0 amide bonds. The SMILES string of the molecule is COc1ccc(Oc2ccc3c(c2)OS(=O)(=O)N=C3)cc1. The lowest BCUT2D eigenvalue weighted by molar-refractivity contribution is 0.412. The van der Waals surface area contributed by atoms with Crippen LogP contribution < -0.4 is 13.7 Å². The maximum absolute atomic E-state index is 11.3. The van der Waals surface area contributed by atoms with Crippen LogP contribution in [0.25, 0.3) is 0 Å². The molecule has 6 nitrogen and oxygen atoms in total. The third-order valence-electron chi connectivity index (χ3n) is 2.80. The minimum absolute atomic E-state index is 0.191. The van der Waals surface area contributed by atoms with Crippen molar-refractivity contribution in [3.8, 4) is 23.0 Å². The first-order valence-electron chi connectivity index (χ1n) is 6.01. The van der Waals surface area contributed by atoms with Crippen LogP contribution in [0.2, 0.25) is 0 Å². The van der Waals surface area contributed by atoms with Crippen molar-refractivity contribution in [3.05, 3.63) is 48.0 Å². The van der Waals surface area contributed by atoms with E-state index in [0.29, 0.717) is 17.1 Å². The number of benzene rings is 2. The largest absolute Gasteiger partial charge is 0.497 e. The summed E-state index contributed by atoms with van der Waals surface area (Å²) in [7, 11) is -2.32. The van der Waals surface area contributed by atoms with Gasteiger partial charge in [0.05, 0.1) is 13.3 Å². The Labute approximate surface area is 121 Å². The van der Waals surface area contributed by atoms with Crippen LogP contribution in [0.3, 0.4) is 0 Å². The molecule has 0 radical (unpaired) electrons. The van der Waals surface area contributed by atoms with E-state index in [-0.39, 0.29) is 5.75 Å². The van der Waals surface area contributed by atoms with Crippen molar-refractivity contribution in [2.45, 2.75) is 0 Å². The summed E-state index contributed by atoms with van der Waals surface area (Å²) >= 11 is 0. The summed E-state index contributed by atoms with van der Waals surface area (Å²) in [5.74, 6) is 1.97. The van der Waals surface area contributed by atoms with Crippen molar-refractivity contribution in [2.75, 3.05) is 7.11 Å². The second-order valence-electron chi connectivity index (χ2n) is 4.22. The molecule has 0 fully saturated rings. The average molecular weight is 305 g/mol. The molecular formula is C14H11NO5S. The van der Waals surface area contributed by atoms with Crippen LogP contribution in [-0.2, 0) is 10.3 Å². The first-order chi connectivity index (χ1) is 10.1. The van der Waals surface area contributed by atoms with Gasteiger partial charge in [-0.15, -0.1) is 4.40 Å². The number of hydrogen-bond acceptors (Lipinski definition) is 5. The molecule has 0 aliphatic carbocycles. The van der Waals surface area contributed by atoms with Gasteiger partial charge in [0.25, 0.3) is 0 Å². The normalized spacial score (nSPS) is 14.9. The zero-order valence-electron chi connectivity index (χ0n) is 11.0. The third kappa shape index (κ3) is 2.97. The van der Waals surface area contributed by atoms with Gasteiger partial charge in [0.2, 0.25) is 0 Å². The molecule has 0 spiro atoms. The average Bonchev–Trinajstić information content (AvgIpc) is 2.47. The van der Waals surface area contributed by atoms with Crippen molar-refractivity contribution >= 4 is 16.5 Å². The Morgan fingerprint density at radius 3 is 2.38 bits per heavy atom. The van der Waals surface area contributed by atoms with Crippen LogP contribution in [0.15, 0.2) is 46.9 Å². The van der Waals surface area contributed by atoms with Gasteiger partial charge in [0, 0.05) is 11.6 Å². The predicted octanol–water partition coefficient (Wildman–Crippen LogP) is 2.54. The molecule has 2 aromatic carbocycles. The molecule has 108 valence electrons. The minimum atomic E-state index is -3.90. The van der Waals surface area contributed by atoms with Crippen LogP contribution in [0, 0.1) is 0 Å². The van der Waals surface area contributed by atoms with Crippen LogP contribution in [0.1, 0.15) is 5.56 Å². The van der Waals surface area contributed by atoms with Crippen LogP contribution >= 0.6 is 0 Å². The van der Waals surface area contributed by atoms with Crippen LogP contribution in [-0.4, -0.2) is 21.7 Å². The van der Waals surface area contributed by atoms with Gasteiger partial charge < -0.3 is 13.7 Å². The first kappa shape index (κ1) is 13.4. The van der Waals surface area contributed by atoms with E-state index in [2.05, 4.69) is 4.40 Å². The fourth-order valence-electron chi connectivity index (χ4n) is 1.79. The summed E-state index contributed by atoms with van der Waals surface area (Å²) in [6.07, 6.45) is 1.24. The Kier molecular flexibility index (Phi) is 3.26. The molecule has 2 aromatic rings. The fourth-order valence-corrected chi connectivity index (χ4v) is 2.45. The van der Waals surface area contributed by atoms with E-state index >= 15 is 0 Å². The molecular weight excluding hydrogens is 294 g/mol. The monoisotopic (exact) mass is 305 g/mol. The second kappa shape index (κ2) is 5.10. The summed E-state index contributed by atoms with van der Waals surface area (Å²) in [6, 6.07) is 11.9. The summed E-state index contributed by atoms with van der Waals surface area (Å²) in [5, 5.41) is 0. The zero-order valence-corrected chi connectivity index (χ0v) is 11.8. The highest BCUT2D eigenvalue weighted by molar-refractivity contribution is 7.86. The highest BCUT2D eigenvalue weighted by Gasteiger charge is 2.19. The van der Waals surface area contributed by atoms with E-state index in [9.17, 15) is 8.42 Å². The molecule has 0 aromatic heterocycles. The highest BCUT2D eigenvalue weighted by Crippen LogP contribution is 2.31. The van der Waals surface area contributed by atoms with Crippen molar-refractivity contribution in [1.82, 2.24) is 0 Å². The van der Waals surface area contributed by atoms with Gasteiger partial charge in [0.1, 0.15) is 17.2 Å². The molecule has 1 aliphatic heterocycles. The standard InChI is InChI=1S/C14H11NO5S/c1-18-11-4-6-12(7-5-11)19-13-3-2-10-9-15-21(16,17)20-14(10)8-13/h2-9H,1H3. The number of hydrogen-bond donors (Lipinski definition) is 0. The molecule has 0 N–H and O–H groups in total. The first-order valence-corrected chi connectivity index (χ1v) is 7.38. The lowest BCUT2D eigenvalue weighted by Gasteiger charge is -2.13. The Morgan fingerprint density at radius 1 is 1.00 bits per heavy atom. The molecule has 0 atom stereocenters. The number of fused-ring (bicyclic) bond motifs is 1. The second-order valence-corrected chi connectivity index (χ2v) is 5.46. The fraction of sp³-hybridized carbons (Fsp3) is 0.0714. The van der Waals surface area contributed by atoms with Crippen LogP contribution in [0.5, 0.6) is 23.0 Å². The molecule has 1 heterocycles. The summed E-state index contributed by atoms with van der Waals surface area (Å²) in [4.78, 5) is 0. The van der Waals surface area contributed by atoms with E-state index in [0.717, 1.165) is 5.75 Å². The molecule has 0 unspecified atom stereocenters. The van der Waals surface area contributed by atoms with Crippen LogP contribution in [0.4, 0.5) is 0 Å². The van der Waals surface area contributed by atoms with Gasteiger partial charge in [-0.25, -0.2) is 0 Å². The maximum Gasteiger partial charge on any atom is 0.428 e. The zero-order chi connectivity index (χ0) is 14.9. The Morgan fingerprint density at radius 2 is 1.67 bits per heavy atom.